The van der Waals surface area contributed by atoms with E-state index in [0.717, 1.165) is 17.5 Å². The number of carboxylic acid groups (broad SMARTS) is 1. The van der Waals surface area contributed by atoms with Crippen LogP contribution in [0.1, 0.15) is 40.7 Å². The minimum Gasteiger partial charge on any atom is -0.481 e. The highest BCUT2D eigenvalue weighted by Gasteiger charge is 2.37. The number of hydrogen-bond acceptors (Lipinski definition) is 2. The maximum atomic E-state index is 12.4. The third-order valence-corrected chi connectivity index (χ3v) is 3.68. The zero-order chi connectivity index (χ0) is 13.3. The number of benzene rings is 1. The highest BCUT2D eigenvalue weighted by atomic mass is 16.4. The molecule has 96 valence electrons. The van der Waals surface area contributed by atoms with Gasteiger partial charge in [0.25, 0.3) is 0 Å². The second-order valence-corrected chi connectivity index (χ2v) is 5.22. The van der Waals surface area contributed by atoms with Crippen LogP contribution in [0.2, 0.25) is 0 Å². The molecule has 0 spiro atoms. The van der Waals surface area contributed by atoms with Crippen molar-refractivity contribution in [3.63, 3.8) is 0 Å². The Morgan fingerprint density at radius 1 is 1.06 bits per heavy atom. The topological polar surface area (TPSA) is 54.4 Å². The molecule has 0 aromatic heterocycles. The molecule has 0 amide bonds. The Kier molecular flexibility index (Phi) is 3.50. The lowest BCUT2D eigenvalue weighted by Crippen LogP contribution is -2.25. The molecule has 0 heterocycles. The Balaban J connectivity index is 2.28. The van der Waals surface area contributed by atoms with Gasteiger partial charge in [-0.2, -0.15) is 0 Å². The van der Waals surface area contributed by atoms with Gasteiger partial charge in [0.2, 0.25) is 0 Å². The van der Waals surface area contributed by atoms with Crippen molar-refractivity contribution in [3.05, 3.63) is 34.9 Å². The summed E-state index contributed by atoms with van der Waals surface area (Å²) in [5.41, 5.74) is 2.75. The molecule has 0 unspecified atom stereocenters. The lowest BCUT2D eigenvalue weighted by molar-refractivity contribution is -0.142. The summed E-state index contributed by atoms with van der Waals surface area (Å²) in [7, 11) is 0. The molecule has 0 saturated heterocycles. The molecule has 2 rings (SSSR count). The molecule has 1 fully saturated rings. The summed E-state index contributed by atoms with van der Waals surface area (Å²) in [6.45, 7) is 3.90. The fourth-order valence-corrected chi connectivity index (χ4v) is 2.90. The quantitative estimate of drug-likeness (QED) is 0.834. The Hall–Kier alpha value is -1.64. The van der Waals surface area contributed by atoms with Crippen molar-refractivity contribution >= 4 is 11.8 Å². The van der Waals surface area contributed by atoms with Crippen LogP contribution in [-0.2, 0) is 4.79 Å². The summed E-state index contributed by atoms with van der Waals surface area (Å²) in [6, 6.07) is 5.72. The Morgan fingerprint density at radius 3 is 2.17 bits per heavy atom. The van der Waals surface area contributed by atoms with E-state index in [1.807, 2.05) is 32.0 Å². The van der Waals surface area contributed by atoms with Gasteiger partial charge in [0.15, 0.2) is 5.78 Å². The van der Waals surface area contributed by atoms with E-state index in [9.17, 15) is 9.59 Å². The van der Waals surface area contributed by atoms with E-state index in [0.29, 0.717) is 18.4 Å². The molecule has 1 aliphatic rings. The summed E-state index contributed by atoms with van der Waals surface area (Å²) in [5, 5.41) is 9.14. The lowest BCUT2D eigenvalue weighted by Gasteiger charge is -2.15. The SMILES string of the molecule is Cc1cc(C)cc(C(=O)[C@H]2CCC[C@H]2C(=O)O)c1. The first-order valence-corrected chi connectivity index (χ1v) is 6.34. The van der Waals surface area contributed by atoms with Crippen molar-refractivity contribution in [1.29, 1.82) is 0 Å². The highest BCUT2D eigenvalue weighted by molar-refractivity contribution is 6.00. The number of aryl methyl sites for hydroxylation is 2. The lowest BCUT2D eigenvalue weighted by atomic mass is 9.87. The average molecular weight is 246 g/mol. The number of hydrogen-bond donors (Lipinski definition) is 1. The van der Waals surface area contributed by atoms with E-state index >= 15 is 0 Å². The predicted octanol–water partition coefficient (Wildman–Crippen LogP) is 2.99. The number of ketones is 1. The molecule has 1 N–H and O–H groups in total. The minimum atomic E-state index is -0.838. The number of carbonyl (C=O) groups is 2. The molecule has 0 radical (unpaired) electrons. The van der Waals surface area contributed by atoms with Crippen LogP contribution in [0.4, 0.5) is 0 Å². The van der Waals surface area contributed by atoms with Crippen molar-refractivity contribution in [1.82, 2.24) is 0 Å². The van der Waals surface area contributed by atoms with Gasteiger partial charge in [-0.25, -0.2) is 0 Å². The molecule has 1 saturated carbocycles. The normalized spacial score (nSPS) is 23.0. The molecule has 3 nitrogen and oxygen atoms in total. The third-order valence-electron chi connectivity index (χ3n) is 3.68. The van der Waals surface area contributed by atoms with E-state index in [1.54, 1.807) is 0 Å². The zero-order valence-electron chi connectivity index (χ0n) is 10.8. The highest BCUT2D eigenvalue weighted by Crippen LogP contribution is 2.34. The van der Waals surface area contributed by atoms with Gasteiger partial charge in [0, 0.05) is 11.5 Å². The largest absolute Gasteiger partial charge is 0.481 e. The molecule has 3 heteroatoms. The summed E-state index contributed by atoms with van der Waals surface area (Å²) in [4.78, 5) is 23.5. The monoisotopic (exact) mass is 246 g/mol. The van der Waals surface area contributed by atoms with Gasteiger partial charge >= 0.3 is 5.97 Å². The Labute approximate surface area is 107 Å². The van der Waals surface area contributed by atoms with Crippen LogP contribution in [0.15, 0.2) is 18.2 Å². The van der Waals surface area contributed by atoms with Gasteiger partial charge in [-0.05, 0) is 38.8 Å². The van der Waals surface area contributed by atoms with Gasteiger partial charge in [-0.1, -0.05) is 23.6 Å². The maximum absolute atomic E-state index is 12.4. The van der Waals surface area contributed by atoms with Gasteiger partial charge in [-0.15, -0.1) is 0 Å². The number of Topliss-reactive ketones (excluding diaryl/α,β-unsaturated/α-hetero) is 1. The molecule has 2 atom stereocenters. The van der Waals surface area contributed by atoms with Crippen molar-refractivity contribution in [2.45, 2.75) is 33.1 Å². The molecule has 0 bridgehead atoms. The summed E-state index contributed by atoms with van der Waals surface area (Å²) in [6.07, 6.45) is 2.15. The smallest absolute Gasteiger partial charge is 0.307 e. The van der Waals surface area contributed by atoms with Gasteiger partial charge in [-0.3, -0.25) is 9.59 Å². The number of carbonyl (C=O) groups excluding carboxylic acids is 1. The van der Waals surface area contributed by atoms with Crippen LogP contribution in [0.3, 0.4) is 0 Å². The van der Waals surface area contributed by atoms with Crippen LogP contribution in [-0.4, -0.2) is 16.9 Å². The summed E-state index contributed by atoms with van der Waals surface area (Å²) < 4.78 is 0. The molecule has 1 aromatic rings. The van der Waals surface area contributed by atoms with Gasteiger partial charge in [0.1, 0.15) is 0 Å². The van der Waals surface area contributed by atoms with E-state index in [-0.39, 0.29) is 11.7 Å². The Bertz CT molecular complexity index is 470. The fourth-order valence-electron chi connectivity index (χ4n) is 2.90. The number of rotatable bonds is 3. The Morgan fingerprint density at radius 2 is 1.61 bits per heavy atom. The van der Waals surface area contributed by atoms with Crippen molar-refractivity contribution < 1.29 is 14.7 Å². The molecule has 0 aliphatic heterocycles. The molecular formula is C15H18O3. The number of aliphatic carboxylic acids is 1. The van der Waals surface area contributed by atoms with Crippen molar-refractivity contribution in [2.75, 3.05) is 0 Å². The van der Waals surface area contributed by atoms with Gasteiger partial charge in [0.05, 0.1) is 5.92 Å². The second kappa shape index (κ2) is 4.92. The van der Waals surface area contributed by atoms with E-state index in [2.05, 4.69) is 0 Å². The van der Waals surface area contributed by atoms with E-state index in [1.165, 1.54) is 0 Å². The molecule has 1 aliphatic carbocycles. The van der Waals surface area contributed by atoms with E-state index in [4.69, 9.17) is 5.11 Å². The van der Waals surface area contributed by atoms with Crippen LogP contribution in [0.25, 0.3) is 0 Å². The first-order chi connectivity index (χ1) is 8.49. The molecule has 18 heavy (non-hydrogen) atoms. The van der Waals surface area contributed by atoms with Crippen LogP contribution < -0.4 is 0 Å². The van der Waals surface area contributed by atoms with Crippen LogP contribution in [0.5, 0.6) is 0 Å². The van der Waals surface area contributed by atoms with Crippen LogP contribution >= 0.6 is 0 Å². The van der Waals surface area contributed by atoms with E-state index < -0.39 is 11.9 Å². The fraction of sp³-hybridized carbons (Fsp3) is 0.467. The average Bonchev–Trinajstić information content (AvgIpc) is 2.75. The number of carboxylic acids is 1. The third kappa shape index (κ3) is 2.45. The first kappa shape index (κ1) is 12.8. The summed E-state index contributed by atoms with van der Waals surface area (Å²) in [5.74, 6) is -1.69. The van der Waals surface area contributed by atoms with Crippen LogP contribution in [0, 0.1) is 25.7 Å². The molecule has 1 aromatic carbocycles. The maximum Gasteiger partial charge on any atom is 0.307 e. The zero-order valence-corrected chi connectivity index (χ0v) is 10.8. The van der Waals surface area contributed by atoms with Crippen molar-refractivity contribution in [3.8, 4) is 0 Å². The predicted molar refractivity (Wildman–Crippen MR) is 68.7 cm³/mol. The van der Waals surface area contributed by atoms with Gasteiger partial charge < -0.3 is 5.11 Å². The first-order valence-electron chi connectivity index (χ1n) is 6.34. The summed E-state index contributed by atoms with van der Waals surface area (Å²) >= 11 is 0. The molecular weight excluding hydrogens is 228 g/mol. The van der Waals surface area contributed by atoms with Crippen molar-refractivity contribution in [2.24, 2.45) is 11.8 Å². The standard InChI is InChI=1S/C15H18O3/c1-9-6-10(2)8-11(7-9)14(16)12-4-3-5-13(12)15(17)18/h6-8,12-13H,3-5H2,1-2H3,(H,17,18)/t12-,13+/m0/s1. The second-order valence-electron chi connectivity index (χ2n) is 5.22. The minimum absolute atomic E-state index is 0.00769.